The van der Waals surface area contributed by atoms with Gasteiger partial charge >= 0.3 is 0 Å². The zero-order valence-corrected chi connectivity index (χ0v) is 15.3. The quantitative estimate of drug-likeness (QED) is 0.262. The predicted molar refractivity (Wildman–Crippen MR) is 102 cm³/mol. The summed E-state index contributed by atoms with van der Waals surface area (Å²) in [4.78, 5) is 4.28. The molecule has 0 fully saturated rings. The lowest BCUT2D eigenvalue weighted by Gasteiger charge is -2.06. The normalized spacial score (nSPS) is 12.0. The van der Waals surface area contributed by atoms with E-state index >= 15 is 0 Å². The van der Waals surface area contributed by atoms with E-state index < -0.39 is 0 Å². The Morgan fingerprint density at radius 3 is 2.85 bits per heavy atom. The Bertz CT molecular complexity index is 1090. The average molecular weight is 415 g/mol. The first-order valence-corrected chi connectivity index (χ1v) is 8.26. The molecule has 0 amide bonds. The molecule has 3 rings (SSSR count). The smallest absolute Gasteiger partial charge is 0.191 e. The van der Waals surface area contributed by atoms with Gasteiger partial charge in [0.1, 0.15) is 11.3 Å². The van der Waals surface area contributed by atoms with Gasteiger partial charge in [0.05, 0.1) is 23.3 Å². The van der Waals surface area contributed by atoms with Crippen molar-refractivity contribution in [2.24, 2.45) is 15.9 Å². The Labute approximate surface area is 156 Å². The Balaban J connectivity index is 1.93. The van der Waals surface area contributed by atoms with E-state index in [-0.39, 0.29) is 17.0 Å². The van der Waals surface area contributed by atoms with Crippen molar-refractivity contribution in [2.45, 2.75) is 0 Å². The SMILES string of the molecule is COc1ccc(C=NN=C(N)c2nc3ccccc3n(O)c2=N)cc1Br. The summed E-state index contributed by atoms with van der Waals surface area (Å²) in [6, 6.07) is 12.3. The number of fused-ring (bicyclic) bond motifs is 1. The number of benzene rings is 2. The van der Waals surface area contributed by atoms with Gasteiger partial charge in [0.25, 0.3) is 0 Å². The van der Waals surface area contributed by atoms with Crippen molar-refractivity contribution < 1.29 is 9.94 Å². The number of para-hydroxylation sites is 2. The van der Waals surface area contributed by atoms with E-state index in [1.165, 1.54) is 6.21 Å². The third kappa shape index (κ3) is 3.42. The molecule has 2 aromatic carbocycles. The van der Waals surface area contributed by atoms with Crippen molar-refractivity contribution in [3.8, 4) is 5.75 Å². The molecule has 0 unspecified atom stereocenters. The van der Waals surface area contributed by atoms with Crippen LogP contribution in [0.15, 0.2) is 57.1 Å². The fraction of sp³-hybridized carbons (Fsp3) is 0.0588. The van der Waals surface area contributed by atoms with Crippen molar-refractivity contribution in [3.63, 3.8) is 0 Å². The van der Waals surface area contributed by atoms with E-state index in [2.05, 4.69) is 31.1 Å². The maximum Gasteiger partial charge on any atom is 0.191 e. The van der Waals surface area contributed by atoms with Gasteiger partial charge in [0.2, 0.25) is 0 Å². The summed E-state index contributed by atoms with van der Waals surface area (Å²) >= 11 is 3.39. The molecule has 0 aliphatic carbocycles. The predicted octanol–water partition coefficient (Wildman–Crippen LogP) is 2.26. The average Bonchev–Trinajstić information content (AvgIpc) is 2.64. The molecule has 0 aliphatic heterocycles. The summed E-state index contributed by atoms with van der Waals surface area (Å²) in [5, 5.41) is 25.9. The highest BCUT2D eigenvalue weighted by Crippen LogP contribution is 2.24. The molecule has 1 heterocycles. The van der Waals surface area contributed by atoms with Crippen LogP contribution in [0.5, 0.6) is 5.75 Å². The van der Waals surface area contributed by atoms with E-state index in [1.54, 1.807) is 37.4 Å². The molecule has 9 heteroatoms. The van der Waals surface area contributed by atoms with Crippen molar-refractivity contribution >= 4 is 39.0 Å². The summed E-state index contributed by atoms with van der Waals surface area (Å²) in [7, 11) is 1.58. The highest BCUT2D eigenvalue weighted by atomic mass is 79.9. The van der Waals surface area contributed by atoms with E-state index in [0.717, 1.165) is 10.0 Å². The Morgan fingerprint density at radius 1 is 1.35 bits per heavy atom. The first kappa shape index (κ1) is 17.6. The molecule has 0 saturated heterocycles. The number of amidine groups is 1. The highest BCUT2D eigenvalue weighted by molar-refractivity contribution is 9.10. The third-order valence-electron chi connectivity index (χ3n) is 3.57. The van der Waals surface area contributed by atoms with Gasteiger partial charge in [0.15, 0.2) is 17.0 Å². The number of aromatic nitrogens is 2. The van der Waals surface area contributed by atoms with Crippen LogP contribution in [0.4, 0.5) is 0 Å². The molecule has 8 nitrogen and oxygen atoms in total. The second-order valence-corrected chi connectivity index (χ2v) is 6.09. The Hall–Kier alpha value is -3.20. The van der Waals surface area contributed by atoms with Crippen LogP contribution in [0.25, 0.3) is 11.0 Å². The zero-order valence-electron chi connectivity index (χ0n) is 13.7. The van der Waals surface area contributed by atoms with Crippen LogP contribution in [-0.2, 0) is 0 Å². The third-order valence-corrected chi connectivity index (χ3v) is 4.19. The molecule has 0 spiro atoms. The zero-order chi connectivity index (χ0) is 18.7. The van der Waals surface area contributed by atoms with Crippen LogP contribution in [0.1, 0.15) is 11.3 Å². The second-order valence-electron chi connectivity index (χ2n) is 5.23. The van der Waals surface area contributed by atoms with Crippen molar-refractivity contribution in [3.05, 3.63) is 63.7 Å². The summed E-state index contributed by atoms with van der Waals surface area (Å²) in [6.45, 7) is 0. The summed E-state index contributed by atoms with van der Waals surface area (Å²) in [5.41, 5.74) is 7.34. The number of nitrogens with one attached hydrogen (secondary N) is 1. The number of hydrogen-bond donors (Lipinski definition) is 3. The maximum absolute atomic E-state index is 10.1. The lowest BCUT2D eigenvalue weighted by molar-refractivity contribution is 0.183. The number of rotatable bonds is 4. The van der Waals surface area contributed by atoms with E-state index in [1.807, 2.05) is 12.1 Å². The molecule has 0 radical (unpaired) electrons. The summed E-state index contributed by atoms with van der Waals surface area (Å²) < 4.78 is 6.66. The lowest BCUT2D eigenvalue weighted by atomic mass is 10.2. The number of hydrogen-bond acceptors (Lipinski definition) is 6. The minimum Gasteiger partial charge on any atom is -0.496 e. The fourth-order valence-corrected chi connectivity index (χ4v) is 2.84. The number of ether oxygens (including phenoxy) is 1. The largest absolute Gasteiger partial charge is 0.496 e. The standard InChI is InChI=1S/C17H15BrN6O2/c1-26-14-7-6-10(8-11(14)18)9-21-23-16(19)15-17(20)24(25)13-5-3-2-4-12(13)22-15/h2-9,20,25H,1H3,(H2,19,23). The van der Waals surface area contributed by atoms with Gasteiger partial charge in [-0.05, 0) is 51.8 Å². The van der Waals surface area contributed by atoms with Crippen molar-refractivity contribution in [1.29, 1.82) is 5.41 Å². The van der Waals surface area contributed by atoms with Gasteiger partial charge in [-0.2, -0.15) is 9.83 Å². The van der Waals surface area contributed by atoms with Crippen molar-refractivity contribution in [1.82, 2.24) is 9.71 Å². The molecule has 0 aliphatic rings. The molecule has 0 saturated carbocycles. The molecule has 1 aromatic heterocycles. The number of nitrogens with zero attached hydrogens (tertiary/aromatic N) is 4. The van der Waals surface area contributed by atoms with Gasteiger partial charge in [-0.15, -0.1) is 5.10 Å². The van der Waals surface area contributed by atoms with E-state index in [4.69, 9.17) is 15.9 Å². The van der Waals surface area contributed by atoms with Crippen LogP contribution < -0.4 is 16.0 Å². The summed E-state index contributed by atoms with van der Waals surface area (Å²) in [5.74, 6) is 0.629. The molecular weight excluding hydrogens is 400 g/mol. The molecule has 0 atom stereocenters. The maximum atomic E-state index is 10.1. The van der Waals surface area contributed by atoms with E-state index in [9.17, 15) is 5.21 Å². The van der Waals surface area contributed by atoms with Gasteiger partial charge in [-0.3, -0.25) is 5.41 Å². The van der Waals surface area contributed by atoms with Crippen LogP contribution in [0, 0.1) is 5.41 Å². The minimum absolute atomic E-state index is 0.0410. The fourth-order valence-electron chi connectivity index (χ4n) is 2.28. The van der Waals surface area contributed by atoms with Crippen LogP contribution in [0.3, 0.4) is 0 Å². The van der Waals surface area contributed by atoms with Crippen LogP contribution >= 0.6 is 15.9 Å². The number of methoxy groups -OCH3 is 1. The topological polar surface area (TPSA) is 122 Å². The van der Waals surface area contributed by atoms with Crippen molar-refractivity contribution in [2.75, 3.05) is 7.11 Å². The monoisotopic (exact) mass is 414 g/mol. The second kappa shape index (κ2) is 7.36. The molecule has 3 aromatic rings. The van der Waals surface area contributed by atoms with Gasteiger partial charge < -0.3 is 15.7 Å². The molecule has 26 heavy (non-hydrogen) atoms. The minimum atomic E-state index is -0.271. The van der Waals surface area contributed by atoms with Gasteiger partial charge in [-0.1, -0.05) is 12.1 Å². The van der Waals surface area contributed by atoms with Gasteiger partial charge in [-0.25, -0.2) is 4.98 Å². The lowest BCUT2D eigenvalue weighted by Crippen LogP contribution is -2.31. The Kier molecular flexibility index (Phi) is 4.99. The molecular formula is C17H15BrN6O2. The number of halogens is 1. The molecule has 132 valence electrons. The van der Waals surface area contributed by atoms with Crippen LogP contribution in [0.2, 0.25) is 0 Å². The first-order chi connectivity index (χ1) is 12.5. The molecule has 0 bridgehead atoms. The summed E-state index contributed by atoms with van der Waals surface area (Å²) in [6.07, 6.45) is 1.51. The number of nitrogens with two attached hydrogens (primary N) is 1. The van der Waals surface area contributed by atoms with Gasteiger partial charge in [0, 0.05) is 0 Å². The van der Waals surface area contributed by atoms with Crippen LogP contribution in [-0.4, -0.2) is 34.1 Å². The Morgan fingerprint density at radius 2 is 2.12 bits per heavy atom. The van der Waals surface area contributed by atoms with E-state index in [0.29, 0.717) is 21.5 Å². The molecule has 4 N–H and O–H groups in total. The highest BCUT2D eigenvalue weighted by Gasteiger charge is 2.10. The first-order valence-electron chi connectivity index (χ1n) is 7.47.